The van der Waals surface area contributed by atoms with Crippen molar-refractivity contribution in [3.8, 4) is 0 Å². The summed E-state index contributed by atoms with van der Waals surface area (Å²) in [7, 11) is 0. The Balaban J connectivity index is 1.86. The molecule has 0 saturated carbocycles. The van der Waals surface area contributed by atoms with Crippen molar-refractivity contribution < 1.29 is 9.59 Å². The van der Waals surface area contributed by atoms with Crippen molar-refractivity contribution in [2.45, 2.75) is 46.6 Å². The number of rotatable bonds is 6. The van der Waals surface area contributed by atoms with E-state index < -0.39 is 5.41 Å². The van der Waals surface area contributed by atoms with Gasteiger partial charge >= 0.3 is 6.03 Å². The molecule has 5 heteroatoms. The van der Waals surface area contributed by atoms with Gasteiger partial charge in [0.2, 0.25) is 5.91 Å². The van der Waals surface area contributed by atoms with Gasteiger partial charge in [0.05, 0.1) is 5.41 Å². The average Bonchev–Trinajstić information content (AvgIpc) is 2.60. The fraction of sp³-hybridized carbons (Fsp3) is 0.600. The Bertz CT molecular complexity index is 574. The van der Waals surface area contributed by atoms with Crippen molar-refractivity contribution >= 4 is 11.9 Å². The van der Waals surface area contributed by atoms with Crippen LogP contribution in [0.1, 0.15) is 45.6 Å². The lowest BCUT2D eigenvalue weighted by molar-refractivity contribution is -0.132. The summed E-state index contributed by atoms with van der Waals surface area (Å²) in [5.41, 5.74) is 0.557. The normalized spacial score (nSPS) is 20.4. The first kappa shape index (κ1) is 19.3. The summed E-state index contributed by atoms with van der Waals surface area (Å²) >= 11 is 0. The molecule has 2 rings (SSSR count). The van der Waals surface area contributed by atoms with Crippen LogP contribution in [0.4, 0.5) is 4.79 Å². The van der Waals surface area contributed by atoms with Crippen LogP contribution in [-0.2, 0) is 11.3 Å². The van der Waals surface area contributed by atoms with Crippen molar-refractivity contribution in [1.82, 2.24) is 15.5 Å². The van der Waals surface area contributed by atoms with E-state index in [9.17, 15) is 9.59 Å². The summed E-state index contributed by atoms with van der Waals surface area (Å²) in [5, 5.41) is 6.00. The number of urea groups is 1. The zero-order valence-corrected chi connectivity index (χ0v) is 15.7. The van der Waals surface area contributed by atoms with Crippen molar-refractivity contribution in [2.24, 2.45) is 11.3 Å². The molecular formula is C20H31N3O2. The summed E-state index contributed by atoms with van der Waals surface area (Å²) < 4.78 is 0. The van der Waals surface area contributed by atoms with Crippen LogP contribution >= 0.6 is 0 Å². The highest BCUT2D eigenvalue weighted by molar-refractivity contribution is 5.84. The first-order chi connectivity index (χ1) is 11.9. The van der Waals surface area contributed by atoms with E-state index in [0.717, 1.165) is 31.4 Å². The molecule has 1 atom stereocenters. The summed E-state index contributed by atoms with van der Waals surface area (Å²) in [6, 6.07) is 9.84. The number of likely N-dealkylation sites (tertiary alicyclic amines) is 1. The van der Waals surface area contributed by atoms with Crippen LogP contribution in [0, 0.1) is 11.3 Å². The molecule has 0 radical (unpaired) electrons. The van der Waals surface area contributed by atoms with Gasteiger partial charge in [-0.1, -0.05) is 44.2 Å². The fourth-order valence-electron chi connectivity index (χ4n) is 3.17. The van der Waals surface area contributed by atoms with Gasteiger partial charge in [0.1, 0.15) is 0 Å². The Kier molecular flexibility index (Phi) is 6.85. The quantitative estimate of drug-likeness (QED) is 0.832. The highest BCUT2D eigenvalue weighted by Gasteiger charge is 2.39. The van der Waals surface area contributed by atoms with Gasteiger partial charge in [0, 0.05) is 26.2 Å². The molecule has 0 unspecified atom stereocenters. The highest BCUT2D eigenvalue weighted by Crippen LogP contribution is 2.29. The molecule has 0 bridgehead atoms. The Morgan fingerprint density at radius 1 is 1.20 bits per heavy atom. The number of hydrogen-bond acceptors (Lipinski definition) is 2. The molecule has 1 aromatic rings. The van der Waals surface area contributed by atoms with Gasteiger partial charge < -0.3 is 15.5 Å². The molecule has 1 heterocycles. The maximum absolute atomic E-state index is 12.7. The largest absolute Gasteiger partial charge is 0.351 e. The number of carbonyl (C=O) groups excluding carboxylic acids is 2. The maximum Gasteiger partial charge on any atom is 0.317 e. The van der Waals surface area contributed by atoms with Gasteiger partial charge in [-0.25, -0.2) is 4.79 Å². The monoisotopic (exact) mass is 345 g/mol. The van der Waals surface area contributed by atoms with Gasteiger partial charge in [0.25, 0.3) is 0 Å². The average molecular weight is 345 g/mol. The lowest BCUT2D eigenvalue weighted by atomic mass is 9.81. The van der Waals surface area contributed by atoms with E-state index in [1.807, 2.05) is 37.3 Å². The van der Waals surface area contributed by atoms with Crippen molar-refractivity contribution in [3.63, 3.8) is 0 Å². The third-order valence-electron chi connectivity index (χ3n) is 4.83. The Morgan fingerprint density at radius 3 is 2.60 bits per heavy atom. The Morgan fingerprint density at radius 2 is 1.92 bits per heavy atom. The number of hydrogen-bond donors (Lipinski definition) is 2. The Hall–Kier alpha value is -2.04. The van der Waals surface area contributed by atoms with Crippen LogP contribution in [0.5, 0.6) is 0 Å². The van der Waals surface area contributed by atoms with Crippen LogP contribution in [0.3, 0.4) is 0 Å². The molecule has 3 amide bonds. The summed E-state index contributed by atoms with van der Waals surface area (Å²) in [6.07, 6.45) is 2.63. The van der Waals surface area contributed by atoms with Crippen LogP contribution in [0.25, 0.3) is 0 Å². The second kappa shape index (κ2) is 8.88. The third-order valence-corrected chi connectivity index (χ3v) is 4.83. The zero-order valence-electron chi connectivity index (χ0n) is 15.7. The zero-order chi connectivity index (χ0) is 18.3. The minimum atomic E-state index is -0.525. The van der Waals surface area contributed by atoms with Crippen LogP contribution < -0.4 is 10.6 Å². The van der Waals surface area contributed by atoms with Crippen LogP contribution in [0.2, 0.25) is 0 Å². The number of carbonyl (C=O) groups is 2. The molecule has 138 valence electrons. The molecule has 0 spiro atoms. The first-order valence-corrected chi connectivity index (χ1v) is 9.26. The van der Waals surface area contributed by atoms with Crippen molar-refractivity contribution in [2.75, 3.05) is 19.6 Å². The second-order valence-corrected chi connectivity index (χ2v) is 7.67. The van der Waals surface area contributed by atoms with Gasteiger partial charge in [-0.3, -0.25) is 4.79 Å². The molecule has 1 fully saturated rings. The third kappa shape index (κ3) is 5.76. The summed E-state index contributed by atoms with van der Waals surface area (Å²) in [5.74, 6) is 0.590. The van der Waals surface area contributed by atoms with Crippen molar-refractivity contribution in [3.05, 3.63) is 35.9 Å². The molecular weight excluding hydrogens is 314 g/mol. The topological polar surface area (TPSA) is 61.4 Å². The fourth-order valence-corrected chi connectivity index (χ4v) is 3.17. The molecule has 1 aliphatic rings. The predicted octanol–water partition coefficient (Wildman–Crippen LogP) is 3.16. The van der Waals surface area contributed by atoms with Gasteiger partial charge in [-0.2, -0.15) is 0 Å². The molecule has 25 heavy (non-hydrogen) atoms. The molecule has 0 aliphatic carbocycles. The summed E-state index contributed by atoms with van der Waals surface area (Å²) in [4.78, 5) is 26.8. The number of nitrogens with zero attached hydrogens (tertiary/aromatic N) is 1. The molecule has 1 aliphatic heterocycles. The van der Waals surface area contributed by atoms with E-state index >= 15 is 0 Å². The smallest absolute Gasteiger partial charge is 0.317 e. The second-order valence-electron chi connectivity index (χ2n) is 7.67. The van der Waals surface area contributed by atoms with Crippen LogP contribution in [0.15, 0.2) is 30.3 Å². The van der Waals surface area contributed by atoms with E-state index in [-0.39, 0.29) is 11.9 Å². The molecule has 2 N–H and O–H groups in total. The minimum Gasteiger partial charge on any atom is -0.351 e. The predicted molar refractivity (Wildman–Crippen MR) is 100 cm³/mol. The molecule has 1 aromatic carbocycles. The van der Waals surface area contributed by atoms with E-state index in [2.05, 4.69) is 24.5 Å². The standard InChI is InChI=1S/C20H31N3O2/c1-16(2)10-12-21-19(25)23-13-7-11-20(3,15-23)18(24)22-14-17-8-5-4-6-9-17/h4-6,8-9,16H,7,10-15H2,1-3H3,(H,21,25)(H,22,24)/t20-/m0/s1. The van der Waals surface area contributed by atoms with Gasteiger partial charge in [0.15, 0.2) is 0 Å². The lowest BCUT2D eigenvalue weighted by Gasteiger charge is -2.39. The van der Waals surface area contributed by atoms with Crippen LogP contribution in [-0.4, -0.2) is 36.5 Å². The minimum absolute atomic E-state index is 0.0241. The molecule has 1 saturated heterocycles. The SMILES string of the molecule is CC(C)CCNC(=O)N1CCC[C@](C)(C(=O)NCc2ccccc2)C1. The molecule has 5 nitrogen and oxygen atoms in total. The number of piperidine rings is 1. The number of amides is 3. The van der Waals surface area contributed by atoms with Gasteiger partial charge in [-0.05, 0) is 37.7 Å². The highest BCUT2D eigenvalue weighted by atomic mass is 16.2. The van der Waals surface area contributed by atoms with Crippen molar-refractivity contribution in [1.29, 1.82) is 0 Å². The van der Waals surface area contributed by atoms with Gasteiger partial charge in [-0.15, -0.1) is 0 Å². The molecule has 0 aromatic heterocycles. The van der Waals surface area contributed by atoms with E-state index in [0.29, 0.717) is 25.6 Å². The van der Waals surface area contributed by atoms with E-state index in [1.165, 1.54) is 0 Å². The number of nitrogens with one attached hydrogen (secondary N) is 2. The summed E-state index contributed by atoms with van der Waals surface area (Å²) in [6.45, 7) is 8.64. The number of benzene rings is 1. The lowest BCUT2D eigenvalue weighted by Crippen LogP contribution is -2.54. The Labute approximate surface area is 151 Å². The van der Waals surface area contributed by atoms with E-state index in [1.54, 1.807) is 4.90 Å². The first-order valence-electron chi connectivity index (χ1n) is 9.26. The maximum atomic E-state index is 12.7. The van der Waals surface area contributed by atoms with E-state index in [4.69, 9.17) is 0 Å².